The first-order chi connectivity index (χ1) is 11.6. The molecule has 0 saturated heterocycles. The van der Waals surface area contributed by atoms with Crippen LogP contribution in [0.2, 0.25) is 0 Å². The first-order valence-electron chi connectivity index (χ1n) is 8.46. The van der Waals surface area contributed by atoms with Gasteiger partial charge >= 0.3 is 6.09 Å². The number of H-pyrrole nitrogens is 1. The molecule has 0 spiro atoms. The number of nitrogens with one attached hydrogen (secondary N) is 2. The Balaban J connectivity index is 1.84. The van der Waals surface area contributed by atoms with Crippen molar-refractivity contribution in [2.24, 2.45) is 5.92 Å². The Morgan fingerprint density at radius 3 is 2.68 bits per heavy atom. The Labute approximate surface area is 152 Å². The van der Waals surface area contributed by atoms with Gasteiger partial charge in [0.2, 0.25) is 5.91 Å². The van der Waals surface area contributed by atoms with E-state index in [1.165, 1.54) is 4.90 Å². The molecule has 1 aliphatic rings. The quantitative estimate of drug-likeness (QED) is 0.751. The lowest BCUT2D eigenvalue weighted by Gasteiger charge is -2.26. The standard InChI is InChI=1S/C16H27N5O3S/c1-10(9-20(5)15(23)24-16(2,3)4)13(22)17-8-12-18-19-14(25)21(12)11-6-7-11/h10-11H,6-9H2,1-5H3,(H,17,22)(H,19,25)/t10-/m0/s1. The lowest BCUT2D eigenvalue weighted by atomic mass is 10.1. The van der Waals surface area contributed by atoms with Crippen LogP contribution in [0.4, 0.5) is 4.79 Å². The van der Waals surface area contributed by atoms with E-state index in [0.29, 0.717) is 17.4 Å². The van der Waals surface area contributed by atoms with Crippen molar-refractivity contribution >= 4 is 24.2 Å². The van der Waals surface area contributed by atoms with Gasteiger partial charge in [0.25, 0.3) is 0 Å². The second kappa shape index (κ2) is 7.55. The zero-order valence-electron chi connectivity index (χ0n) is 15.5. The minimum absolute atomic E-state index is 0.147. The predicted octanol–water partition coefficient (Wildman–Crippen LogP) is 2.39. The van der Waals surface area contributed by atoms with Gasteiger partial charge in [0.15, 0.2) is 10.6 Å². The number of carbonyl (C=O) groups is 2. The maximum atomic E-state index is 12.3. The highest BCUT2D eigenvalue weighted by Gasteiger charge is 2.28. The van der Waals surface area contributed by atoms with E-state index in [1.54, 1.807) is 34.7 Å². The van der Waals surface area contributed by atoms with Crippen LogP contribution < -0.4 is 5.32 Å². The smallest absolute Gasteiger partial charge is 0.410 e. The number of ether oxygens (including phenoxy) is 1. The van der Waals surface area contributed by atoms with E-state index in [4.69, 9.17) is 17.0 Å². The molecule has 1 aliphatic carbocycles. The van der Waals surface area contributed by atoms with Gasteiger partial charge in [-0.3, -0.25) is 14.5 Å². The summed E-state index contributed by atoms with van der Waals surface area (Å²) in [6, 6.07) is 0.397. The largest absolute Gasteiger partial charge is 0.444 e. The third-order valence-corrected chi connectivity index (χ3v) is 4.10. The fourth-order valence-electron chi connectivity index (χ4n) is 2.42. The van der Waals surface area contributed by atoms with Gasteiger partial charge in [-0.25, -0.2) is 4.79 Å². The van der Waals surface area contributed by atoms with Gasteiger partial charge in [-0.1, -0.05) is 6.92 Å². The Bertz CT molecular complexity index is 687. The molecule has 1 fully saturated rings. The Morgan fingerprint density at radius 2 is 2.12 bits per heavy atom. The van der Waals surface area contributed by atoms with Crippen molar-refractivity contribution in [3.8, 4) is 0 Å². The van der Waals surface area contributed by atoms with E-state index in [2.05, 4.69) is 15.5 Å². The van der Waals surface area contributed by atoms with Crippen molar-refractivity contribution < 1.29 is 14.3 Å². The molecule has 25 heavy (non-hydrogen) atoms. The summed E-state index contributed by atoms with van der Waals surface area (Å²) in [5, 5.41) is 9.82. The Morgan fingerprint density at radius 1 is 1.48 bits per heavy atom. The molecule has 0 radical (unpaired) electrons. The maximum Gasteiger partial charge on any atom is 0.410 e. The minimum Gasteiger partial charge on any atom is -0.444 e. The van der Waals surface area contributed by atoms with E-state index in [1.807, 2.05) is 4.57 Å². The number of hydrogen-bond acceptors (Lipinski definition) is 5. The normalized spacial score (nSPS) is 15.6. The molecule has 2 N–H and O–H groups in total. The summed E-state index contributed by atoms with van der Waals surface area (Å²) >= 11 is 5.22. The molecule has 8 nitrogen and oxygen atoms in total. The molecule has 0 aromatic carbocycles. The number of aromatic amines is 1. The summed E-state index contributed by atoms with van der Waals surface area (Å²) in [5.41, 5.74) is -0.560. The number of carbonyl (C=O) groups excluding carboxylic acids is 2. The average molecular weight is 369 g/mol. The molecule has 0 bridgehead atoms. The van der Waals surface area contributed by atoms with Gasteiger partial charge in [0, 0.05) is 19.6 Å². The predicted molar refractivity (Wildman–Crippen MR) is 95.6 cm³/mol. The van der Waals surface area contributed by atoms with Crippen molar-refractivity contribution in [2.45, 2.75) is 58.7 Å². The second-order valence-electron chi connectivity index (χ2n) is 7.53. The number of rotatable bonds is 6. The van der Waals surface area contributed by atoms with Crippen molar-refractivity contribution in [1.29, 1.82) is 0 Å². The summed E-state index contributed by atoms with van der Waals surface area (Å²) < 4.78 is 7.84. The maximum absolute atomic E-state index is 12.3. The van der Waals surface area contributed by atoms with E-state index in [0.717, 1.165) is 18.7 Å². The van der Waals surface area contributed by atoms with Crippen molar-refractivity contribution in [3.05, 3.63) is 10.6 Å². The molecule has 0 aliphatic heterocycles. The van der Waals surface area contributed by atoms with Crippen LogP contribution >= 0.6 is 12.2 Å². The molecule has 2 amide bonds. The molecule has 1 saturated carbocycles. The van der Waals surface area contributed by atoms with E-state index < -0.39 is 11.7 Å². The van der Waals surface area contributed by atoms with E-state index in [-0.39, 0.29) is 18.4 Å². The third kappa shape index (κ3) is 5.55. The molecule has 1 heterocycles. The first-order valence-corrected chi connectivity index (χ1v) is 8.87. The lowest BCUT2D eigenvalue weighted by molar-refractivity contribution is -0.125. The zero-order chi connectivity index (χ0) is 18.8. The van der Waals surface area contributed by atoms with E-state index >= 15 is 0 Å². The summed E-state index contributed by atoms with van der Waals surface area (Å²) in [5.74, 6) is 0.217. The summed E-state index contributed by atoms with van der Waals surface area (Å²) in [6.45, 7) is 7.78. The van der Waals surface area contributed by atoms with Crippen LogP contribution in [0, 0.1) is 10.7 Å². The topological polar surface area (TPSA) is 92.2 Å². The third-order valence-electron chi connectivity index (χ3n) is 3.81. The Hall–Kier alpha value is -1.90. The van der Waals surface area contributed by atoms with Crippen LogP contribution in [-0.4, -0.2) is 50.9 Å². The van der Waals surface area contributed by atoms with Crippen molar-refractivity contribution in [2.75, 3.05) is 13.6 Å². The minimum atomic E-state index is -0.560. The number of aromatic nitrogens is 3. The SMILES string of the molecule is C[C@@H](CN(C)C(=O)OC(C)(C)C)C(=O)NCc1n[nH]c(=S)n1C1CC1. The van der Waals surface area contributed by atoms with Crippen LogP contribution in [0.3, 0.4) is 0 Å². The van der Waals surface area contributed by atoms with Crippen molar-refractivity contribution in [3.63, 3.8) is 0 Å². The van der Waals surface area contributed by atoms with Gasteiger partial charge in [-0.2, -0.15) is 5.10 Å². The van der Waals surface area contributed by atoms with Gasteiger partial charge in [-0.05, 0) is 45.8 Å². The van der Waals surface area contributed by atoms with Crippen LogP contribution in [0.1, 0.15) is 52.4 Å². The van der Waals surface area contributed by atoms with Crippen LogP contribution in [-0.2, 0) is 16.1 Å². The highest BCUT2D eigenvalue weighted by Crippen LogP contribution is 2.35. The number of nitrogens with zero attached hydrogens (tertiary/aromatic N) is 3. The molecule has 1 aromatic rings. The van der Waals surface area contributed by atoms with Gasteiger partial charge in [0.1, 0.15) is 5.60 Å². The molecule has 140 valence electrons. The molecular weight excluding hydrogens is 342 g/mol. The molecular formula is C16H27N5O3S. The monoisotopic (exact) mass is 369 g/mol. The van der Waals surface area contributed by atoms with Gasteiger partial charge in [0.05, 0.1) is 12.5 Å². The highest BCUT2D eigenvalue weighted by molar-refractivity contribution is 7.71. The fourth-order valence-corrected chi connectivity index (χ4v) is 2.72. The number of amides is 2. The molecule has 2 rings (SSSR count). The van der Waals surface area contributed by atoms with Crippen LogP contribution in [0.25, 0.3) is 0 Å². The van der Waals surface area contributed by atoms with Crippen molar-refractivity contribution in [1.82, 2.24) is 25.0 Å². The van der Waals surface area contributed by atoms with Gasteiger partial charge in [-0.15, -0.1) is 0 Å². The number of hydrogen-bond donors (Lipinski definition) is 2. The summed E-state index contributed by atoms with van der Waals surface area (Å²) in [4.78, 5) is 25.7. The fraction of sp³-hybridized carbons (Fsp3) is 0.750. The highest BCUT2D eigenvalue weighted by atomic mass is 32.1. The second-order valence-corrected chi connectivity index (χ2v) is 7.91. The molecule has 0 unspecified atom stereocenters. The molecule has 9 heteroatoms. The molecule has 1 atom stereocenters. The van der Waals surface area contributed by atoms with E-state index in [9.17, 15) is 9.59 Å². The van der Waals surface area contributed by atoms with Gasteiger partial charge < -0.3 is 15.0 Å². The van der Waals surface area contributed by atoms with Crippen LogP contribution in [0.5, 0.6) is 0 Å². The molecule has 1 aromatic heterocycles. The Kier molecular flexibility index (Phi) is 5.87. The summed E-state index contributed by atoms with van der Waals surface area (Å²) in [6.07, 6.45) is 1.74. The van der Waals surface area contributed by atoms with Crippen LogP contribution in [0.15, 0.2) is 0 Å². The zero-order valence-corrected chi connectivity index (χ0v) is 16.3. The summed E-state index contributed by atoms with van der Waals surface area (Å²) in [7, 11) is 1.62. The first kappa shape index (κ1) is 19.4. The average Bonchev–Trinajstić information content (AvgIpc) is 3.26. The lowest BCUT2D eigenvalue weighted by Crippen LogP contribution is -2.40.